The second-order valence-electron chi connectivity index (χ2n) is 3.74. The number of alkyl halides is 3. The second kappa shape index (κ2) is 4.53. The molecule has 0 aliphatic carbocycles. The molecule has 94 valence electrons. The number of phenols is 1. The van der Waals surface area contributed by atoms with E-state index in [4.69, 9.17) is 11.6 Å². The quantitative estimate of drug-likeness (QED) is 0.795. The average Bonchev–Trinajstić information content (AvgIpc) is 2.28. The molecule has 1 nitrogen and oxygen atoms in total. The molecule has 0 bridgehead atoms. The standard InChI is InChI=1S/C13H8ClF3O/c14-12-7-10(18)4-5-11(12)8-2-1-3-9(6-8)13(15,16)17/h1-7,18H. The monoisotopic (exact) mass is 272 g/mol. The molecule has 0 unspecified atom stereocenters. The molecule has 5 heteroatoms. The van der Waals surface area contributed by atoms with E-state index in [1.165, 1.54) is 30.3 Å². The highest BCUT2D eigenvalue weighted by molar-refractivity contribution is 6.33. The van der Waals surface area contributed by atoms with E-state index in [1.807, 2.05) is 0 Å². The molecular formula is C13H8ClF3O. The molecule has 0 aliphatic heterocycles. The molecule has 0 atom stereocenters. The third-order valence-corrected chi connectivity index (χ3v) is 2.77. The van der Waals surface area contributed by atoms with Crippen LogP contribution in [-0.4, -0.2) is 5.11 Å². The summed E-state index contributed by atoms with van der Waals surface area (Å²) in [4.78, 5) is 0. The van der Waals surface area contributed by atoms with Gasteiger partial charge in [-0.3, -0.25) is 0 Å². The van der Waals surface area contributed by atoms with Gasteiger partial charge in [0, 0.05) is 5.56 Å². The Morgan fingerprint density at radius 1 is 1.00 bits per heavy atom. The maximum absolute atomic E-state index is 12.6. The summed E-state index contributed by atoms with van der Waals surface area (Å²) >= 11 is 5.89. The first-order chi connectivity index (χ1) is 8.38. The van der Waals surface area contributed by atoms with Crippen molar-refractivity contribution >= 4 is 11.6 Å². The minimum Gasteiger partial charge on any atom is -0.508 e. The summed E-state index contributed by atoms with van der Waals surface area (Å²) in [5.41, 5.74) is 0.0690. The van der Waals surface area contributed by atoms with Crippen molar-refractivity contribution in [2.75, 3.05) is 0 Å². The third kappa shape index (κ3) is 2.59. The van der Waals surface area contributed by atoms with Gasteiger partial charge in [-0.2, -0.15) is 13.2 Å². The minimum atomic E-state index is -4.39. The van der Waals surface area contributed by atoms with Crippen molar-refractivity contribution in [2.24, 2.45) is 0 Å². The number of benzene rings is 2. The highest BCUT2D eigenvalue weighted by atomic mass is 35.5. The first-order valence-electron chi connectivity index (χ1n) is 5.04. The maximum Gasteiger partial charge on any atom is 0.416 e. The normalized spacial score (nSPS) is 11.6. The highest BCUT2D eigenvalue weighted by Crippen LogP contribution is 2.35. The smallest absolute Gasteiger partial charge is 0.416 e. The Kier molecular flexibility index (Phi) is 3.22. The van der Waals surface area contributed by atoms with Crippen LogP contribution in [0, 0.1) is 0 Å². The Labute approximate surface area is 106 Å². The van der Waals surface area contributed by atoms with E-state index in [9.17, 15) is 18.3 Å². The molecule has 2 aromatic rings. The van der Waals surface area contributed by atoms with Gasteiger partial charge in [-0.1, -0.05) is 23.7 Å². The zero-order chi connectivity index (χ0) is 13.3. The summed E-state index contributed by atoms with van der Waals surface area (Å²) in [6.45, 7) is 0. The summed E-state index contributed by atoms with van der Waals surface area (Å²) in [5.74, 6) is -0.0317. The molecule has 0 radical (unpaired) electrons. The first kappa shape index (κ1) is 12.8. The molecule has 0 aliphatic rings. The number of rotatable bonds is 1. The van der Waals surface area contributed by atoms with Crippen molar-refractivity contribution in [1.82, 2.24) is 0 Å². The lowest BCUT2D eigenvalue weighted by Crippen LogP contribution is -2.04. The lowest BCUT2D eigenvalue weighted by atomic mass is 10.0. The fraction of sp³-hybridized carbons (Fsp3) is 0.0769. The van der Waals surface area contributed by atoms with E-state index >= 15 is 0 Å². The number of halogens is 4. The van der Waals surface area contributed by atoms with E-state index in [2.05, 4.69) is 0 Å². The fourth-order valence-corrected chi connectivity index (χ4v) is 1.89. The van der Waals surface area contributed by atoms with Crippen LogP contribution in [0.15, 0.2) is 42.5 Å². The predicted molar refractivity (Wildman–Crippen MR) is 63.6 cm³/mol. The Balaban J connectivity index is 2.51. The number of phenolic OH excluding ortho intramolecular Hbond substituents is 1. The third-order valence-electron chi connectivity index (χ3n) is 2.45. The molecule has 0 saturated heterocycles. The fourth-order valence-electron chi connectivity index (χ4n) is 1.60. The van der Waals surface area contributed by atoms with Crippen molar-refractivity contribution in [3.8, 4) is 16.9 Å². The predicted octanol–water partition coefficient (Wildman–Crippen LogP) is 4.73. The van der Waals surface area contributed by atoms with Crippen LogP contribution in [0.4, 0.5) is 13.2 Å². The first-order valence-corrected chi connectivity index (χ1v) is 5.42. The average molecular weight is 273 g/mol. The van der Waals surface area contributed by atoms with Crippen LogP contribution in [0.25, 0.3) is 11.1 Å². The van der Waals surface area contributed by atoms with Crippen LogP contribution >= 0.6 is 11.6 Å². The van der Waals surface area contributed by atoms with E-state index in [0.717, 1.165) is 12.1 Å². The van der Waals surface area contributed by atoms with Crippen LogP contribution in [0.3, 0.4) is 0 Å². The highest BCUT2D eigenvalue weighted by Gasteiger charge is 2.30. The van der Waals surface area contributed by atoms with E-state index in [0.29, 0.717) is 11.1 Å². The van der Waals surface area contributed by atoms with E-state index in [1.54, 1.807) is 0 Å². The van der Waals surface area contributed by atoms with Gasteiger partial charge in [0.15, 0.2) is 0 Å². The zero-order valence-corrected chi connectivity index (χ0v) is 9.76. The SMILES string of the molecule is Oc1ccc(-c2cccc(C(F)(F)F)c2)c(Cl)c1. The van der Waals surface area contributed by atoms with Gasteiger partial charge in [0.25, 0.3) is 0 Å². The van der Waals surface area contributed by atoms with Gasteiger partial charge in [0.2, 0.25) is 0 Å². The lowest BCUT2D eigenvalue weighted by molar-refractivity contribution is -0.137. The van der Waals surface area contributed by atoms with E-state index < -0.39 is 11.7 Å². The van der Waals surface area contributed by atoms with Crippen molar-refractivity contribution in [3.05, 3.63) is 53.1 Å². The van der Waals surface area contributed by atoms with Gasteiger partial charge >= 0.3 is 6.18 Å². The molecule has 0 heterocycles. The number of hydrogen-bond acceptors (Lipinski definition) is 1. The minimum absolute atomic E-state index is 0.0317. The Morgan fingerprint density at radius 3 is 2.33 bits per heavy atom. The molecule has 2 rings (SSSR count). The van der Waals surface area contributed by atoms with Gasteiger partial charge in [-0.25, -0.2) is 0 Å². The van der Waals surface area contributed by atoms with Gasteiger partial charge in [0.05, 0.1) is 10.6 Å². The van der Waals surface area contributed by atoms with Gasteiger partial charge in [0.1, 0.15) is 5.75 Å². The summed E-state index contributed by atoms with van der Waals surface area (Å²) < 4.78 is 37.7. The summed E-state index contributed by atoms with van der Waals surface area (Å²) in [6.07, 6.45) is -4.39. The lowest BCUT2D eigenvalue weighted by Gasteiger charge is -2.10. The summed E-state index contributed by atoms with van der Waals surface area (Å²) in [7, 11) is 0. The molecular weight excluding hydrogens is 265 g/mol. The maximum atomic E-state index is 12.6. The zero-order valence-electron chi connectivity index (χ0n) is 9.00. The molecule has 2 aromatic carbocycles. The van der Waals surface area contributed by atoms with E-state index in [-0.39, 0.29) is 10.8 Å². The number of hydrogen-bond donors (Lipinski definition) is 1. The van der Waals surface area contributed by atoms with Crippen molar-refractivity contribution in [3.63, 3.8) is 0 Å². The van der Waals surface area contributed by atoms with Gasteiger partial charge < -0.3 is 5.11 Å². The summed E-state index contributed by atoms with van der Waals surface area (Å²) in [5, 5.41) is 9.41. The van der Waals surface area contributed by atoms with Crippen LogP contribution in [0.2, 0.25) is 5.02 Å². The van der Waals surface area contributed by atoms with Gasteiger partial charge in [-0.05, 0) is 35.9 Å². The number of aromatic hydroxyl groups is 1. The van der Waals surface area contributed by atoms with Crippen LogP contribution in [0.5, 0.6) is 5.75 Å². The van der Waals surface area contributed by atoms with Crippen molar-refractivity contribution in [2.45, 2.75) is 6.18 Å². The molecule has 0 saturated carbocycles. The molecule has 0 spiro atoms. The Morgan fingerprint density at radius 2 is 1.72 bits per heavy atom. The van der Waals surface area contributed by atoms with Crippen LogP contribution < -0.4 is 0 Å². The topological polar surface area (TPSA) is 20.2 Å². The molecule has 0 aromatic heterocycles. The molecule has 0 fully saturated rings. The van der Waals surface area contributed by atoms with Crippen LogP contribution in [0.1, 0.15) is 5.56 Å². The summed E-state index contributed by atoms with van der Waals surface area (Å²) in [6, 6.07) is 9.02. The molecule has 0 amide bonds. The molecule has 18 heavy (non-hydrogen) atoms. The Bertz CT molecular complexity index is 579. The van der Waals surface area contributed by atoms with Crippen LogP contribution in [-0.2, 0) is 6.18 Å². The van der Waals surface area contributed by atoms with Crippen molar-refractivity contribution in [1.29, 1.82) is 0 Å². The van der Waals surface area contributed by atoms with Gasteiger partial charge in [-0.15, -0.1) is 0 Å². The van der Waals surface area contributed by atoms with Crippen molar-refractivity contribution < 1.29 is 18.3 Å². The second-order valence-corrected chi connectivity index (χ2v) is 4.15. The Hall–Kier alpha value is -1.68. The largest absolute Gasteiger partial charge is 0.508 e. The molecule has 1 N–H and O–H groups in total.